The van der Waals surface area contributed by atoms with Crippen LogP contribution in [0.25, 0.3) is 10.9 Å². The van der Waals surface area contributed by atoms with Gasteiger partial charge in [-0.05, 0) is 36.4 Å². The second-order valence-electron chi connectivity index (χ2n) is 5.17. The molecule has 0 aliphatic heterocycles. The van der Waals surface area contributed by atoms with Gasteiger partial charge in [0.2, 0.25) is 5.88 Å². The smallest absolute Gasteiger partial charge is 0.338 e. The van der Waals surface area contributed by atoms with Gasteiger partial charge in [-0.25, -0.2) is 19.6 Å². The highest BCUT2D eigenvalue weighted by molar-refractivity contribution is 6.31. The first-order valence-electron chi connectivity index (χ1n) is 7.41. The van der Waals surface area contributed by atoms with Gasteiger partial charge in [0, 0.05) is 5.02 Å². The van der Waals surface area contributed by atoms with Gasteiger partial charge in [-0.3, -0.25) is 0 Å². The normalized spacial score (nSPS) is 10.4. The number of fused-ring (bicyclic) bond motifs is 1. The molecule has 0 atom stereocenters. The zero-order chi connectivity index (χ0) is 18.7. The minimum atomic E-state index is -0.611. The average Bonchev–Trinajstić information content (AvgIpc) is 2.66. The minimum absolute atomic E-state index is 0.145. The molecule has 132 valence electrons. The van der Waals surface area contributed by atoms with E-state index in [1.165, 1.54) is 38.7 Å². The Hall–Kier alpha value is -3.19. The van der Waals surface area contributed by atoms with Crippen molar-refractivity contribution >= 4 is 34.4 Å². The minimum Gasteiger partial charge on any atom is -0.465 e. The molecule has 7 nitrogen and oxygen atoms in total. The number of ether oxygens (including phenoxy) is 3. The van der Waals surface area contributed by atoms with E-state index in [4.69, 9.17) is 25.8 Å². The summed E-state index contributed by atoms with van der Waals surface area (Å²) in [5.74, 6) is -0.743. The molecule has 3 aromatic rings. The summed E-state index contributed by atoms with van der Waals surface area (Å²) in [6, 6.07) is 9.34. The van der Waals surface area contributed by atoms with Crippen molar-refractivity contribution in [3.8, 4) is 11.6 Å². The third-order valence-corrected chi connectivity index (χ3v) is 3.76. The van der Waals surface area contributed by atoms with E-state index >= 15 is 0 Å². The predicted octanol–water partition coefficient (Wildman–Crippen LogP) is 3.65. The van der Waals surface area contributed by atoms with Gasteiger partial charge in [0.05, 0.1) is 36.2 Å². The summed E-state index contributed by atoms with van der Waals surface area (Å²) in [7, 11) is 2.49. The highest BCUT2D eigenvalue weighted by Crippen LogP contribution is 2.29. The number of nitrogens with zero attached hydrogens (tertiary/aromatic N) is 2. The van der Waals surface area contributed by atoms with Crippen LogP contribution in [-0.2, 0) is 9.47 Å². The van der Waals surface area contributed by atoms with Crippen LogP contribution >= 0.6 is 11.6 Å². The summed E-state index contributed by atoms with van der Waals surface area (Å²) < 4.78 is 15.2. The van der Waals surface area contributed by atoms with Crippen LogP contribution < -0.4 is 4.74 Å². The van der Waals surface area contributed by atoms with Gasteiger partial charge in [0.25, 0.3) is 0 Å². The molecule has 3 rings (SSSR count). The molecule has 0 fully saturated rings. The van der Waals surface area contributed by atoms with Crippen molar-refractivity contribution in [1.82, 2.24) is 9.97 Å². The first-order valence-corrected chi connectivity index (χ1v) is 7.79. The first kappa shape index (κ1) is 17.6. The molecule has 0 unspecified atom stereocenters. The summed E-state index contributed by atoms with van der Waals surface area (Å²) >= 11 is 5.97. The van der Waals surface area contributed by atoms with Crippen LogP contribution in [0.3, 0.4) is 0 Å². The fourth-order valence-electron chi connectivity index (χ4n) is 2.33. The molecule has 0 radical (unpaired) electrons. The molecule has 0 bridgehead atoms. The molecule has 0 spiro atoms. The van der Waals surface area contributed by atoms with Gasteiger partial charge < -0.3 is 14.2 Å². The number of hydrogen-bond acceptors (Lipinski definition) is 7. The summed E-state index contributed by atoms with van der Waals surface area (Å²) in [5.41, 5.74) is 0.887. The van der Waals surface area contributed by atoms with Crippen molar-refractivity contribution in [1.29, 1.82) is 0 Å². The Morgan fingerprint density at radius 1 is 0.923 bits per heavy atom. The lowest BCUT2D eigenvalue weighted by atomic mass is 10.1. The number of carbonyl (C=O) groups is 2. The third-order valence-electron chi connectivity index (χ3n) is 3.53. The Kier molecular flexibility index (Phi) is 4.99. The third kappa shape index (κ3) is 3.57. The number of rotatable bonds is 4. The van der Waals surface area contributed by atoms with Crippen molar-refractivity contribution in [3.63, 3.8) is 0 Å². The van der Waals surface area contributed by atoms with Crippen LogP contribution in [0.15, 0.2) is 42.7 Å². The standard InChI is InChI=1S/C18H13ClN2O5/c1-24-17(22)10-5-11(18(23)25-2)7-13(6-10)26-16-14-4-3-12(19)8-15(14)20-9-21-16/h3-9H,1-2H3. The number of halogens is 1. The number of hydrogen-bond donors (Lipinski definition) is 0. The van der Waals surface area contributed by atoms with Crippen LogP contribution in [-0.4, -0.2) is 36.1 Å². The van der Waals surface area contributed by atoms with Crippen LogP contribution in [0.2, 0.25) is 5.02 Å². The van der Waals surface area contributed by atoms with Crippen LogP contribution in [0.1, 0.15) is 20.7 Å². The van der Waals surface area contributed by atoms with E-state index in [1.807, 2.05) is 0 Å². The van der Waals surface area contributed by atoms with Crippen molar-refractivity contribution in [2.45, 2.75) is 0 Å². The maximum Gasteiger partial charge on any atom is 0.338 e. The molecular formula is C18H13ClN2O5. The lowest BCUT2D eigenvalue weighted by Crippen LogP contribution is -2.07. The fourth-order valence-corrected chi connectivity index (χ4v) is 2.49. The predicted molar refractivity (Wildman–Crippen MR) is 93.7 cm³/mol. The number of benzene rings is 2. The van der Waals surface area contributed by atoms with E-state index in [2.05, 4.69) is 9.97 Å². The molecule has 0 saturated heterocycles. The molecule has 26 heavy (non-hydrogen) atoms. The summed E-state index contributed by atoms with van der Waals surface area (Å²) in [6.45, 7) is 0. The first-order chi connectivity index (χ1) is 12.5. The molecule has 2 aromatic carbocycles. The number of esters is 2. The Labute approximate surface area is 153 Å². The number of aromatic nitrogens is 2. The molecular weight excluding hydrogens is 360 g/mol. The summed E-state index contributed by atoms with van der Waals surface area (Å²) in [5, 5.41) is 1.16. The number of methoxy groups -OCH3 is 2. The van der Waals surface area contributed by atoms with E-state index in [-0.39, 0.29) is 22.8 Å². The van der Waals surface area contributed by atoms with Crippen molar-refractivity contribution in [2.24, 2.45) is 0 Å². The molecule has 0 aliphatic carbocycles. The average molecular weight is 373 g/mol. The molecule has 0 amide bonds. The molecule has 1 aromatic heterocycles. The van der Waals surface area contributed by atoms with Gasteiger partial charge in [0.15, 0.2) is 0 Å². The summed E-state index contributed by atoms with van der Waals surface area (Å²) in [6.07, 6.45) is 1.33. The molecule has 0 aliphatic rings. The van der Waals surface area contributed by atoms with Crippen LogP contribution in [0.4, 0.5) is 0 Å². The van der Waals surface area contributed by atoms with E-state index in [0.29, 0.717) is 15.9 Å². The highest BCUT2D eigenvalue weighted by Gasteiger charge is 2.16. The topological polar surface area (TPSA) is 87.6 Å². The molecule has 8 heteroatoms. The molecule has 0 saturated carbocycles. The monoisotopic (exact) mass is 372 g/mol. The fraction of sp³-hybridized carbons (Fsp3) is 0.111. The van der Waals surface area contributed by atoms with E-state index in [0.717, 1.165) is 0 Å². The molecule has 1 heterocycles. The molecule has 0 N–H and O–H groups in total. The van der Waals surface area contributed by atoms with Gasteiger partial charge in [0.1, 0.15) is 12.1 Å². The van der Waals surface area contributed by atoms with Gasteiger partial charge >= 0.3 is 11.9 Å². The Morgan fingerprint density at radius 2 is 1.58 bits per heavy atom. The van der Waals surface area contributed by atoms with Crippen LogP contribution in [0, 0.1) is 0 Å². The van der Waals surface area contributed by atoms with Gasteiger partial charge in [-0.15, -0.1) is 0 Å². The van der Waals surface area contributed by atoms with Crippen molar-refractivity contribution < 1.29 is 23.8 Å². The Morgan fingerprint density at radius 3 is 2.19 bits per heavy atom. The quantitative estimate of drug-likeness (QED) is 0.646. The van der Waals surface area contributed by atoms with E-state index in [9.17, 15) is 9.59 Å². The second-order valence-corrected chi connectivity index (χ2v) is 5.61. The van der Waals surface area contributed by atoms with Gasteiger partial charge in [-0.2, -0.15) is 0 Å². The zero-order valence-electron chi connectivity index (χ0n) is 13.9. The SMILES string of the molecule is COC(=O)c1cc(Oc2ncnc3cc(Cl)ccc23)cc(C(=O)OC)c1. The Balaban J connectivity index is 2.07. The highest BCUT2D eigenvalue weighted by atomic mass is 35.5. The second kappa shape index (κ2) is 7.37. The maximum absolute atomic E-state index is 11.9. The van der Waals surface area contributed by atoms with Crippen LogP contribution in [0.5, 0.6) is 11.6 Å². The lowest BCUT2D eigenvalue weighted by molar-refractivity contribution is 0.0598. The maximum atomic E-state index is 11.9. The largest absolute Gasteiger partial charge is 0.465 e. The van der Waals surface area contributed by atoms with Gasteiger partial charge in [-0.1, -0.05) is 11.6 Å². The van der Waals surface area contributed by atoms with Crippen molar-refractivity contribution in [3.05, 3.63) is 58.9 Å². The lowest BCUT2D eigenvalue weighted by Gasteiger charge is -2.10. The van der Waals surface area contributed by atoms with E-state index in [1.54, 1.807) is 18.2 Å². The zero-order valence-corrected chi connectivity index (χ0v) is 14.6. The Bertz CT molecular complexity index is 972. The van der Waals surface area contributed by atoms with Crippen molar-refractivity contribution in [2.75, 3.05) is 14.2 Å². The number of carbonyl (C=O) groups excluding carboxylic acids is 2. The summed E-state index contributed by atoms with van der Waals surface area (Å²) in [4.78, 5) is 32.0. The van der Waals surface area contributed by atoms with E-state index < -0.39 is 11.9 Å².